The summed E-state index contributed by atoms with van der Waals surface area (Å²) in [7, 11) is 0. The van der Waals surface area contributed by atoms with Crippen molar-refractivity contribution in [3.8, 4) is 0 Å². The smallest absolute Gasteiger partial charge is 0.339 e. The van der Waals surface area contributed by atoms with Gasteiger partial charge in [-0.3, -0.25) is 0 Å². The van der Waals surface area contributed by atoms with Gasteiger partial charge in [-0.15, -0.1) is 11.3 Å². The molecule has 0 fully saturated rings. The van der Waals surface area contributed by atoms with Crippen LogP contribution in [0.3, 0.4) is 0 Å². The van der Waals surface area contributed by atoms with Gasteiger partial charge >= 0.3 is 5.97 Å². The van der Waals surface area contributed by atoms with Crippen molar-refractivity contribution in [2.24, 2.45) is 0 Å². The molecule has 0 saturated heterocycles. The Bertz CT molecular complexity index is 574. The average Bonchev–Trinajstić information content (AvgIpc) is 2.81. The van der Waals surface area contributed by atoms with Crippen LogP contribution in [0.2, 0.25) is 4.34 Å². The Morgan fingerprint density at radius 2 is 2.32 bits per heavy atom. The third kappa shape index (κ3) is 3.99. The van der Waals surface area contributed by atoms with Crippen molar-refractivity contribution in [3.63, 3.8) is 0 Å². The van der Waals surface area contributed by atoms with Crippen LogP contribution in [0.25, 0.3) is 0 Å². The second-order valence-electron chi connectivity index (χ2n) is 3.82. The van der Waals surface area contributed by atoms with E-state index in [0.717, 1.165) is 17.3 Å². The number of nitrogens with one attached hydrogen (secondary N) is 1. The predicted molar refractivity (Wildman–Crippen MR) is 73.7 cm³/mol. The summed E-state index contributed by atoms with van der Waals surface area (Å²) in [5, 5.41) is 12.1. The molecule has 2 heterocycles. The molecule has 0 aliphatic heterocycles. The van der Waals surface area contributed by atoms with E-state index in [9.17, 15) is 4.79 Å². The second kappa shape index (κ2) is 6.60. The highest BCUT2D eigenvalue weighted by Gasteiger charge is 2.10. The monoisotopic (exact) mass is 297 g/mol. The van der Waals surface area contributed by atoms with Crippen LogP contribution in [0.15, 0.2) is 24.7 Å². The number of thiophene rings is 1. The summed E-state index contributed by atoms with van der Waals surface area (Å²) in [6.07, 6.45) is 3.51. The van der Waals surface area contributed by atoms with Crippen molar-refractivity contribution in [2.75, 3.05) is 6.54 Å². The van der Waals surface area contributed by atoms with Gasteiger partial charge in [0.15, 0.2) is 0 Å². The van der Waals surface area contributed by atoms with E-state index in [1.807, 2.05) is 12.1 Å². The van der Waals surface area contributed by atoms with Gasteiger partial charge in [-0.1, -0.05) is 11.6 Å². The molecule has 0 atom stereocenters. The molecule has 0 spiro atoms. The summed E-state index contributed by atoms with van der Waals surface area (Å²) >= 11 is 7.39. The molecule has 0 aromatic carbocycles. The maximum absolute atomic E-state index is 11.0. The number of aromatic carboxylic acids is 1. The van der Waals surface area contributed by atoms with E-state index in [2.05, 4.69) is 15.3 Å². The van der Waals surface area contributed by atoms with Crippen LogP contribution in [0.1, 0.15) is 20.9 Å². The molecule has 0 saturated carbocycles. The Morgan fingerprint density at radius 1 is 1.47 bits per heavy atom. The number of carboxylic acid groups (broad SMARTS) is 1. The Morgan fingerprint density at radius 3 is 3.00 bits per heavy atom. The van der Waals surface area contributed by atoms with Crippen LogP contribution in [0.4, 0.5) is 0 Å². The van der Waals surface area contributed by atoms with E-state index < -0.39 is 5.97 Å². The normalized spacial score (nSPS) is 10.6. The summed E-state index contributed by atoms with van der Waals surface area (Å²) in [6.45, 7) is 1.14. The minimum atomic E-state index is -1.01. The van der Waals surface area contributed by atoms with Gasteiger partial charge in [0.1, 0.15) is 11.9 Å². The number of halogens is 1. The standard InChI is InChI=1S/C12H12ClN3O2S/c13-11-2-1-8(19-11)3-4-14-6-10-9(12(17)18)5-15-7-16-10/h1-2,5,7,14H,3-4,6H2,(H,17,18). The molecule has 0 aliphatic carbocycles. The van der Waals surface area contributed by atoms with Gasteiger partial charge in [0.2, 0.25) is 0 Å². The highest BCUT2D eigenvalue weighted by atomic mass is 35.5. The van der Waals surface area contributed by atoms with Gasteiger partial charge in [0, 0.05) is 24.2 Å². The van der Waals surface area contributed by atoms with Crippen molar-refractivity contribution in [1.82, 2.24) is 15.3 Å². The number of aromatic nitrogens is 2. The van der Waals surface area contributed by atoms with Crippen LogP contribution in [-0.2, 0) is 13.0 Å². The van der Waals surface area contributed by atoms with Gasteiger partial charge in [-0.05, 0) is 18.6 Å². The lowest BCUT2D eigenvalue weighted by molar-refractivity contribution is 0.0694. The lowest BCUT2D eigenvalue weighted by Gasteiger charge is -2.05. The molecular weight excluding hydrogens is 286 g/mol. The van der Waals surface area contributed by atoms with Gasteiger partial charge in [0.25, 0.3) is 0 Å². The van der Waals surface area contributed by atoms with Crippen LogP contribution < -0.4 is 5.32 Å². The minimum Gasteiger partial charge on any atom is -0.478 e. The summed E-state index contributed by atoms with van der Waals surface area (Å²) in [6, 6.07) is 3.86. The number of hydrogen-bond acceptors (Lipinski definition) is 5. The number of carbonyl (C=O) groups is 1. The van der Waals surface area contributed by atoms with E-state index in [1.54, 1.807) is 11.3 Å². The molecule has 0 amide bonds. The van der Waals surface area contributed by atoms with Gasteiger partial charge in [-0.25, -0.2) is 14.8 Å². The van der Waals surface area contributed by atoms with Gasteiger partial charge in [0.05, 0.1) is 10.0 Å². The van der Waals surface area contributed by atoms with Crippen molar-refractivity contribution >= 4 is 28.9 Å². The fraction of sp³-hybridized carbons (Fsp3) is 0.250. The lowest BCUT2D eigenvalue weighted by Crippen LogP contribution is -2.19. The molecule has 7 heteroatoms. The molecule has 2 rings (SSSR count). The summed E-state index contributed by atoms with van der Waals surface area (Å²) in [5.74, 6) is -1.01. The largest absolute Gasteiger partial charge is 0.478 e. The van der Waals surface area contributed by atoms with Crippen LogP contribution in [0, 0.1) is 0 Å². The highest BCUT2D eigenvalue weighted by Crippen LogP contribution is 2.21. The van der Waals surface area contributed by atoms with E-state index in [0.29, 0.717) is 12.2 Å². The average molecular weight is 298 g/mol. The van der Waals surface area contributed by atoms with Crippen molar-refractivity contribution in [2.45, 2.75) is 13.0 Å². The number of nitrogens with zero attached hydrogens (tertiary/aromatic N) is 2. The van der Waals surface area contributed by atoms with Crippen LogP contribution >= 0.6 is 22.9 Å². The Kier molecular flexibility index (Phi) is 4.84. The number of rotatable bonds is 6. The second-order valence-corrected chi connectivity index (χ2v) is 5.62. The zero-order valence-corrected chi connectivity index (χ0v) is 11.5. The molecule has 2 aromatic rings. The van der Waals surface area contributed by atoms with Crippen LogP contribution in [0.5, 0.6) is 0 Å². The first-order chi connectivity index (χ1) is 9.16. The first-order valence-electron chi connectivity index (χ1n) is 5.64. The van der Waals surface area contributed by atoms with Gasteiger partial charge < -0.3 is 10.4 Å². The van der Waals surface area contributed by atoms with E-state index in [-0.39, 0.29) is 5.56 Å². The Hall–Kier alpha value is -1.50. The maximum Gasteiger partial charge on any atom is 0.339 e. The lowest BCUT2D eigenvalue weighted by atomic mass is 10.2. The zero-order chi connectivity index (χ0) is 13.7. The zero-order valence-electron chi connectivity index (χ0n) is 9.97. The summed E-state index contributed by atoms with van der Waals surface area (Å²) < 4.78 is 0.777. The molecule has 100 valence electrons. The van der Waals surface area contributed by atoms with Crippen molar-refractivity contribution in [3.05, 3.63) is 45.1 Å². The first kappa shape index (κ1) is 13.9. The fourth-order valence-corrected chi connectivity index (χ4v) is 2.67. The van der Waals surface area contributed by atoms with Crippen molar-refractivity contribution < 1.29 is 9.90 Å². The summed E-state index contributed by atoms with van der Waals surface area (Å²) in [4.78, 5) is 19.8. The number of hydrogen-bond donors (Lipinski definition) is 2. The third-order valence-corrected chi connectivity index (χ3v) is 3.79. The molecule has 0 bridgehead atoms. The van der Waals surface area contributed by atoms with Crippen molar-refractivity contribution in [1.29, 1.82) is 0 Å². The fourth-order valence-electron chi connectivity index (χ4n) is 1.58. The third-order valence-electron chi connectivity index (χ3n) is 2.49. The van der Waals surface area contributed by atoms with E-state index >= 15 is 0 Å². The quantitative estimate of drug-likeness (QED) is 0.800. The van der Waals surface area contributed by atoms with Gasteiger partial charge in [-0.2, -0.15) is 0 Å². The topological polar surface area (TPSA) is 75.1 Å². The molecule has 5 nitrogen and oxygen atoms in total. The molecule has 0 aliphatic rings. The molecule has 2 aromatic heterocycles. The molecule has 19 heavy (non-hydrogen) atoms. The maximum atomic E-state index is 11.0. The Balaban J connectivity index is 1.84. The minimum absolute atomic E-state index is 0.133. The molecule has 0 radical (unpaired) electrons. The Labute approximate surface area is 119 Å². The number of carboxylic acids is 1. The predicted octanol–water partition coefficient (Wildman–Crippen LogP) is 2.22. The van der Waals surface area contributed by atoms with E-state index in [1.165, 1.54) is 17.4 Å². The SMILES string of the molecule is O=C(O)c1cncnc1CNCCc1ccc(Cl)s1. The molecule has 0 unspecified atom stereocenters. The first-order valence-corrected chi connectivity index (χ1v) is 6.83. The molecular formula is C12H12ClN3O2S. The highest BCUT2D eigenvalue weighted by molar-refractivity contribution is 7.16. The van der Waals surface area contributed by atoms with E-state index in [4.69, 9.17) is 16.7 Å². The molecule has 2 N–H and O–H groups in total. The van der Waals surface area contributed by atoms with Crippen LogP contribution in [-0.4, -0.2) is 27.6 Å². The summed E-state index contributed by atoms with van der Waals surface area (Å²) in [5.41, 5.74) is 0.626.